The highest BCUT2D eigenvalue weighted by Crippen LogP contribution is 2.48. The summed E-state index contributed by atoms with van der Waals surface area (Å²) in [6, 6.07) is 0. The summed E-state index contributed by atoms with van der Waals surface area (Å²) in [6.45, 7) is 5.58. The number of fused-ring (bicyclic) bond motifs is 1. The van der Waals surface area contributed by atoms with Crippen LogP contribution in [0.4, 0.5) is 0 Å². The van der Waals surface area contributed by atoms with E-state index < -0.39 is 0 Å². The summed E-state index contributed by atoms with van der Waals surface area (Å²) in [5.41, 5.74) is -0.141. The van der Waals surface area contributed by atoms with Gasteiger partial charge >= 0.3 is 5.97 Å². The van der Waals surface area contributed by atoms with E-state index >= 15 is 0 Å². The Labute approximate surface area is 125 Å². The molecule has 1 saturated carbocycles. The van der Waals surface area contributed by atoms with Crippen LogP contribution in [0.5, 0.6) is 0 Å². The molecule has 0 aromatic carbocycles. The van der Waals surface area contributed by atoms with E-state index in [0.717, 1.165) is 45.6 Å². The minimum Gasteiger partial charge on any atom is -0.465 e. The maximum atomic E-state index is 12.2. The Kier molecular flexibility index (Phi) is 3.97. The molecule has 6 heteroatoms. The predicted octanol–water partition coefficient (Wildman–Crippen LogP) is 0.925. The van der Waals surface area contributed by atoms with Gasteiger partial charge in [0.25, 0.3) is 0 Å². The molecule has 2 heterocycles. The van der Waals surface area contributed by atoms with Crippen molar-refractivity contribution in [1.82, 2.24) is 10.2 Å². The van der Waals surface area contributed by atoms with Gasteiger partial charge in [-0.25, -0.2) is 0 Å². The van der Waals surface area contributed by atoms with E-state index in [-0.39, 0.29) is 23.5 Å². The molecule has 1 aliphatic carbocycles. The monoisotopic (exact) mass is 298 g/mol. The molecule has 0 amide bonds. The topological polar surface area (TPSA) is 50.8 Å². The lowest BCUT2D eigenvalue weighted by molar-refractivity contribution is -0.148. The highest BCUT2D eigenvalue weighted by molar-refractivity contribution is 7.80. The molecule has 2 aliphatic heterocycles. The molecule has 0 aromatic heterocycles. The molecule has 20 heavy (non-hydrogen) atoms. The van der Waals surface area contributed by atoms with E-state index in [2.05, 4.69) is 10.2 Å². The van der Waals surface area contributed by atoms with Gasteiger partial charge in [0.15, 0.2) is 0 Å². The summed E-state index contributed by atoms with van der Waals surface area (Å²) in [5.74, 6) is -0.186. The molecule has 3 atom stereocenters. The maximum absolute atomic E-state index is 12.2. The van der Waals surface area contributed by atoms with Gasteiger partial charge in [0.1, 0.15) is 5.92 Å². The third-order valence-electron chi connectivity index (χ3n) is 4.83. The lowest BCUT2D eigenvalue weighted by Crippen LogP contribution is -2.60. The Bertz CT molecular complexity index is 411. The van der Waals surface area contributed by atoms with Crippen LogP contribution >= 0.6 is 12.2 Å². The number of ether oxygens (including phenoxy) is 2. The molecule has 2 saturated heterocycles. The van der Waals surface area contributed by atoms with Gasteiger partial charge in [-0.1, -0.05) is 12.2 Å². The number of esters is 1. The molecule has 0 aromatic rings. The van der Waals surface area contributed by atoms with E-state index in [0.29, 0.717) is 11.6 Å². The van der Waals surface area contributed by atoms with Crippen molar-refractivity contribution in [2.75, 3.05) is 32.9 Å². The van der Waals surface area contributed by atoms with Gasteiger partial charge in [-0.2, -0.15) is 0 Å². The normalized spacial score (nSPS) is 37.5. The van der Waals surface area contributed by atoms with Gasteiger partial charge in [-0.15, -0.1) is 0 Å². The first-order valence-corrected chi connectivity index (χ1v) is 7.91. The third-order valence-corrected chi connectivity index (χ3v) is 5.18. The summed E-state index contributed by atoms with van der Waals surface area (Å²) >= 11 is 5.46. The Morgan fingerprint density at radius 1 is 1.55 bits per heavy atom. The molecule has 0 unspecified atom stereocenters. The zero-order chi connectivity index (χ0) is 14.2. The number of morpholine rings is 1. The lowest BCUT2D eigenvalue weighted by Gasteiger charge is -2.44. The first-order valence-electron chi connectivity index (χ1n) is 7.50. The molecule has 0 spiro atoms. The van der Waals surface area contributed by atoms with Crippen LogP contribution < -0.4 is 5.32 Å². The standard InChI is InChI=1S/C14H22N2O3S/c1-2-19-13(17)11-10-4-3-5-14(10,15-12(11)20)16-6-8-18-9-7-16/h10-11H,2-9H2,1H3,(H,15,20)/t10-,11-,14+/m0/s1. The van der Waals surface area contributed by atoms with Crippen LogP contribution in [0.15, 0.2) is 0 Å². The van der Waals surface area contributed by atoms with E-state index in [1.165, 1.54) is 0 Å². The molecule has 0 bridgehead atoms. The second kappa shape index (κ2) is 5.58. The average molecular weight is 298 g/mol. The quantitative estimate of drug-likeness (QED) is 0.618. The molecule has 3 aliphatic rings. The number of nitrogens with zero attached hydrogens (tertiary/aromatic N) is 1. The number of carbonyl (C=O) groups excluding carboxylic acids is 1. The molecule has 3 fully saturated rings. The number of hydrogen-bond donors (Lipinski definition) is 1. The highest BCUT2D eigenvalue weighted by atomic mass is 32.1. The number of carbonyl (C=O) groups is 1. The van der Waals surface area contributed by atoms with Crippen molar-refractivity contribution >= 4 is 23.2 Å². The molecular weight excluding hydrogens is 276 g/mol. The second-order valence-electron chi connectivity index (χ2n) is 5.74. The van der Waals surface area contributed by atoms with Crippen LogP contribution in [-0.4, -0.2) is 54.4 Å². The SMILES string of the molecule is CCOC(=O)[C@@H]1C(=S)N[C@@]2(N3CCOCC3)CCC[C@@H]12. The third kappa shape index (κ3) is 2.14. The zero-order valence-electron chi connectivity index (χ0n) is 11.9. The summed E-state index contributed by atoms with van der Waals surface area (Å²) in [5, 5.41) is 3.49. The molecule has 0 radical (unpaired) electrons. The van der Waals surface area contributed by atoms with Crippen LogP contribution in [0.25, 0.3) is 0 Å². The number of hydrogen-bond acceptors (Lipinski definition) is 5. The molecular formula is C14H22N2O3S. The van der Waals surface area contributed by atoms with Crippen LogP contribution in [0.2, 0.25) is 0 Å². The van der Waals surface area contributed by atoms with E-state index in [4.69, 9.17) is 21.7 Å². The summed E-state index contributed by atoms with van der Waals surface area (Å²) in [7, 11) is 0. The first-order chi connectivity index (χ1) is 9.69. The van der Waals surface area contributed by atoms with Crippen molar-refractivity contribution in [2.45, 2.75) is 31.8 Å². The minimum atomic E-state index is -0.268. The molecule has 112 valence electrons. The van der Waals surface area contributed by atoms with Gasteiger partial charge in [-0.3, -0.25) is 9.69 Å². The fraction of sp³-hybridized carbons (Fsp3) is 0.857. The fourth-order valence-corrected chi connectivity index (χ4v) is 4.46. The van der Waals surface area contributed by atoms with Crippen molar-refractivity contribution in [3.8, 4) is 0 Å². The van der Waals surface area contributed by atoms with Gasteiger partial charge in [-0.05, 0) is 26.2 Å². The van der Waals surface area contributed by atoms with E-state index in [1.807, 2.05) is 6.92 Å². The molecule has 1 N–H and O–H groups in total. The fourth-order valence-electron chi connectivity index (χ4n) is 4.02. The Hall–Kier alpha value is -0.720. The maximum Gasteiger partial charge on any atom is 0.316 e. The smallest absolute Gasteiger partial charge is 0.316 e. The minimum absolute atomic E-state index is 0.141. The highest BCUT2D eigenvalue weighted by Gasteiger charge is 2.59. The van der Waals surface area contributed by atoms with Gasteiger partial charge in [0.05, 0.1) is 30.5 Å². The van der Waals surface area contributed by atoms with Crippen molar-refractivity contribution in [1.29, 1.82) is 0 Å². The van der Waals surface area contributed by atoms with Gasteiger partial charge < -0.3 is 14.8 Å². The lowest BCUT2D eigenvalue weighted by atomic mass is 9.87. The predicted molar refractivity (Wildman–Crippen MR) is 78.3 cm³/mol. The van der Waals surface area contributed by atoms with Gasteiger partial charge in [0.2, 0.25) is 0 Å². The Morgan fingerprint density at radius 3 is 3.00 bits per heavy atom. The van der Waals surface area contributed by atoms with Crippen molar-refractivity contribution in [2.24, 2.45) is 11.8 Å². The second-order valence-corrected chi connectivity index (χ2v) is 6.18. The van der Waals surface area contributed by atoms with Crippen LogP contribution in [0.1, 0.15) is 26.2 Å². The van der Waals surface area contributed by atoms with Crippen LogP contribution in [0.3, 0.4) is 0 Å². The van der Waals surface area contributed by atoms with Crippen LogP contribution in [0, 0.1) is 11.8 Å². The molecule has 5 nitrogen and oxygen atoms in total. The number of rotatable bonds is 3. The Morgan fingerprint density at radius 2 is 2.30 bits per heavy atom. The number of nitrogens with one attached hydrogen (secondary N) is 1. The summed E-state index contributed by atoms with van der Waals surface area (Å²) in [6.07, 6.45) is 3.22. The van der Waals surface area contributed by atoms with E-state index in [1.54, 1.807) is 0 Å². The first kappa shape index (κ1) is 14.2. The van der Waals surface area contributed by atoms with E-state index in [9.17, 15) is 4.79 Å². The van der Waals surface area contributed by atoms with Gasteiger partial charge in [0, 0.05) is 19.0 Å². The number of thiocarbonyl (C=S) groups is 1. The van der Waals surface area contributed by atoms with Crippen LogP contribution in [-0.2, 0) is 14.3 Å². The van der Waals surface area contributed by atoms with Crippen molar-refractivity contribution in [3.63, 3.8) is 0 Å². The largest absolute Gasteiger partial charge is 0.465 e. The Balaban J connectivity index is 1.84. The average Bonchev–Trinajstić information content (AvgIpc) is 2.96. The zero-order valence-corrected chi connectivity index (χ0v) is 12.7. The summed E-state index contributed by atoms with van der Waals surface area (Å²) < 4.78 is 10.7. The van der Waals surface area contributed by atoms with Crippen molar-refractivity contribution < 1.29 is 14.3 Å². The van der Waals surface area contributed by atoms with Crippen molar-refractivity contribution in [3.05, 3.63) is 0 Å². The summed E-state index contributed by atoms with van der Waals surface area (Å²) in [4.78, 5) is 15.3. The molecule has 3 rings (SSSR count).